The predicted molar refractivity (Wildman–Crippen MR) is 404 cm³/mol. The number of H-pyrrole nitrogens is 1. The van der Waals surface area contributed by atoms with Gasteiger partial charge in [0.1, 0.15) is 53.5 Å². The number of carbonyl (C=O) groups excluding carboxylic acids is 11. The molecule has 1 aromatic heterocycles. The maximum atomic E-state index is 15.8. The standard InChI is InChI=1S/C79H112N12O21/c1-10-75(107)34-44-35-78(73(105)110-8,62-48(24-28-89(36-44)41-75)47-20-15-16-21-51(47)81-62)50-32-49-57(33-59(50)109-7)88(6)71-77(49)26-29-90-27-17-25-76(11-2,70(77)90)72(79(71,108)74(106)111-9)112-69(104)53(30-42(3)4)83-64(99)54(38-92)84-63(98)52(22-23-60(80)97)82-68(103)61(45-18-13-12-14-19-45)87-66(101)56(40-94)85-65(100)55(39-93)86-67(102)58-31-46(96)37-91(58)43(5)95/h15-17,20-21,25,32-33,42,44-46,52-56,58,61,70-72,81,92-94,96,107-108H,10-14,18-19,22-24,26-31,34-41H2,1-9H3,(H2,80,97)(H,82,103)(H,83,99)(H,84,98)(H,85,100)(H,86,102)(H,87,101)/t44-,46?,52-,53-,54-,55-,56-,58+,61?,70?,71?,72+,75-,76+,77?,78-,79-/m0/s1. The molecular weight excluding hydrogens is 1450 g/mol. The summed E-state index contributed by atoms with van der Waals surface area (Å²) in [6.45, 7) is 7.71. The first-order chi connectivity index (χ1) is 53.3. The summed E-state index contributed by atoms with van der Waals surface area (Å²) >= 11 is 0. The molecule has 15 N–H and O–H groups in total. The van der Waals surface area contributed by atoms with Crippen LogP contribution in [-0.2, 0) is 84.2 Å². The smallest absolute Gasteiger partial charge is 0.344 e. The number of nitrogens with two attached hydrogens (primary N) is 1. The lowest BCUT2D eigenvalue weighted by atomic mass is 9.47. The first-order valence-corrected chi connectivity index (χ1v) is 39.2. The van der Waals surface area contributed by atoms with Gasteiger partial charge in [-0.05, 0) is 112 Å². The van der Waals surface area contributed by atoms with Gasteiger partial charge in [0.2, 0.25) is 52.9 Å². The van der Waals surface area contributed by atoms with Crippen LogP contribution in [0, 0.1) is 23.2 Å². The average molecular weight is 1570 g/mol. The number of para-hydroxylation sites is 1. The molecule has 8 amide bonds. The lowest BCUT2D eigenvalue weighted by molar-refractivity contribution is -0.230. The average Bonchev–Trinajstić information content (AvgIpc) is 1.46. The van der Waals surface area contributed by atoms with Gasteiger partial charge in [0.05, 0.1) is 58.9 Å². The van der Waals surface area contributed by atoms with Gasteiger partial charge in [-0.25, -0.2) is 9.59 Å². The molecule has 112 heavy (non-hydrogen) atoms. The summed E-state index contributed by atoms with van der Waals surface area (Å²) in [5.41, 5.74) is 1.48. The SMILES string of the molecule is CC[C@]1(O)C[C@@H]2CN(CCc3c([nH]c4ccccc34)[C@@](C(=O)OC)(c3cc4c(cc3OC)N(C)C3C45CCN4CC=C[C@](CC)(C45)[C@@H](OC(=O)[C@H](CC(C)C)NC(=O)[C@H](CO)NC(=O)[C@H](CCC(N)=O)NC(=O)C(NC(=O)[C@H](CO)NC(=O)[C@H](CO)NC(=O)[C@H]4CC(O)CN4C(C)=O)C4CCCCC4)[C@]3(O)C(=O)OC)C2)C1. The second kappa shape index (κ2) is 34.1. The molecule has 5 fully saturated rings. The highest BCUT2D eigenvalue weighted by molar-refractivity contribution is 5.99. The third kappa shape index (κ3) is 15.5. The van der Waals surface area contributed by atoms with Crippen molar-refractivity contribution in [1.29, 1.82) is 0 Å². The topological polar surface area (TPSA) is 473 Å². The van der Waals surface area contributed by atoms with Crippen molar-refractivity contribution in [3.63, 3.8) is 0 Å². The Labute approximate surface area is 650 Å². The van der Waals surface area contributed by atoms with Crippen molar-refractivity contribution in [2.45, 2.75) is 220 Å². The van der Waals surface area contributed by atoms with Crippen LogP contribution in [0.3, 0.4) is 0 Å². The van der Waals surface area contributed by atoms with E-state index in [2.05, 4.69) is 46.7 Å². The normalized spacial score (nSPS) is 29.5. The molecule has 2 bridgehead atoms. The summed E-state index contributed by atoms with van der Waals surface area (Å²) in [5.74, 6) is -11.5. The summed E-state index contributed by atoms with van der Waals surface area (Å²) in [6.07, 6.45) is 4.53. The van der Waals surface area contributed by atoms with Gasteiger partial charge in [-0.2, -0.15) is 0 Å². The minimum Gasteiger partial charge on any atom is -0.496 e. The number of hydrogen-bond donors (Lipinski definition) is 14. The molecule has 33 nitrogen and oxygen atoms in total. The fraction of sp³-hybridized carbons (Fsp3) is 0.658. The molecule has 6 unspecified atom stereocenters. The molecule has 3 aromatic rings. The Bertz CT molecular complexity index is 4110. The molecule has 11 rings (SSSR count). The zero-order valence-electron chi connectivity index (χ0n) is 65.3. The number of likely N-dealkylation sites (N-methyl/N-ethyl adjacent to an activating group) is 1. The molecule has 0 radical (unpaired) electrons. The highest BCUT2D eigenvalue weighted by Crippen LogP contribution is 2.68. The van der Waals surface area contributed by atoms with Crippen LogP contribution in [0.4, 0.5) is 5.69 Å². The van der Waals surface area contributed by atoms with E-state index in [9.17, 15) is 69.0 Å². The number of β-amino-alcohol motifs (C(OH)–C–C–N with tert-alkyl or cyclic N) is 1. The van der Waals surface area contributed by atoms with E-state index in [1.54, 1.807) is 25.8 Å². The lowest BCUT2D eigenvalue weighted by Gasteiger charge is -2.63. The van der Waals surface area contributed by atoms with Crippen LogP contribution in [-0.4, -0.2) is 281 Å². The van der Waals surface area contributed by atoms with Crippen LogP contribution in [0.2, 0.25) is 0 Å². The third-order valence-corrected chi connectivity index (χ3v) is 25.3. The molecule has 614 valence electrons. The van der Waals surface area contributed by atoms with Crippen molar-refractivity contribution in [2.75, 3.05) is 92.4 Å². The number of benzene rings is 2. The molecule has 33 heteroatoms. The maximum Gasteiger partial charge on any atom is 0.344 e. The number of likely N-dealkylation sites (tertiary alicyclic amines) is 1. The van der Waals surface area contributed by atoms with E-state index in [0.29, 0.717) is 112 Å². The molecule has 7 heterocycles. The highest BCUT2D eigenvalue weighted by atomic mass is 16.6. The zero-order chi connectivity index (χ0) is 81.3. The molecule has 1 spiro atoms. The van der Waals surface area contributed by atoms with Crippen molar-refractivity contribution >= 4 is 81.8 Å². The van der Waals surface area contributed by atoms with Crippen molar-refractivity contribution in [1.82, 2.24) is 51.6 Å². The van der Waals surface area contributed by atoms with Crippen LogP contribution in [0.5, 0.6) is 5.75 Å². The number of hydrogen-bond acceptors (Lipinski definition) is 24. The Hall–Kier alpha value is -8.83. The van der Waals surface area contributed by atoms with Gasteiger partial charge in [-0.1, -0.05) is 77.3 Å². The third-order valence-electron chi connectivity index (χ3n) is 25.3. The zero-order valence-corrected chi connectivity index (χ0v) is 65.3. The number of rotatable bonds is 29. The number of aromatic nitrogens is 1. The van der Waals surface area contributed by atoms with Crippen LogP contribution >= 0.6 is 0 Å². The van der Waals surface area contributed by atoms with Crippen molar-refractivity contribution in [3.05, 3.63) is 70.9 Å². The Morgan fingerprint density at radius 1 is 0.732 bits per heavy atom. The van der Waals surface area contributed by atoms with Crippen LogP contribution in [0.1, 0.15) is 147 Å². The van der Waals surface area contributed by atoms with Gasteiger partial charge in [0.15, 0.2) is 6.10 Å². The number of ether oxygens (including phenoxy) is 4. The summed E-state index contributed by atoms with van der Waals surface area (Å²) in [6, 6.07) is -1.62. The van der Waals surface area contributed by atoms with Gasteiger partial charge >= 0.3 is 17.9 Å². The van der Waals surface area contributed by atoms with E-state index in [1.807, 2.05) is 62.4 Å². The van der Waals surface area contributed by atoms with E-state index in [1.165, 1.54) is 21.1 Å². The molecule has 18 atom stereocenters. The van der Waals surface area contributed by atoms with Crippen LogP contribution in [0.15, 0.2) is 48.6 Å². The summed E-state index contributed by atoms with van der Waals surface area (Å²) in [5, 5.41) is 84.1. The van der Waals surface area contributed by atoms with Gasteiger partial charge in [0.25, 0.3) is 0 Å². The van der Waals surface area contributed by atoms with E-state index < -0.39 is 198 Å². The minimum atomic E-state index is -2.75. The number of esters is 3. The van der Waals surface area contributed by atoms with Gasteiger partial charge < -0.3 is 102 Å². The number of anilines is 1. The minimum absolute atomic E-state index is 0.138. The number of piperidine rings is 1. The number of amides is 8. The van der Waals surface area contributed by atoms with E-state index in [0.717, 1.165) is 34.9 Å². The van der Waals surface area contributed by atoms with E-state index in [-0.39, 0.29) is 44.1 Å². The molecular formula is C79H112N12O21. The lowest BCUT2D eigenvalue weighted by Crippen LogP contribution is -2.81. The fourth-order valence-electron chi connectivity index (χ4n) is 20.2. The molecule has 2 aromatic carbocycles. The van der Waals surface area contributed by atoms with Crippen molar-refractivity contribution < 1.29 is 102 Å². The summed E-state index contributed by atoms with van der Waals surface area (Å²) in [7, 11) is 5.73. The second-order valence-electron chi connectivity index (χ2n) is 32.5. The Balaban J connectivity index is 0.877. The number of primary amides is 1. The monoisotopic (exact) mass is 1560 g/mol. The molecule has 2 aliphatic carbocycles. The first kappa shape index (κ1) is 84.1. The number of nitrogens with zero attached hydrogens (tertiary/aromatic N) is 4. The molecule has 8 aliphatic rings. The number of fused-ring (bicyclic) bond motifs is 6. The number of aliphatic hydroxyl groups excluding tert-OH is 4. The number of aliphatic hydroxyl groups is 6. The number of aromatic amines is 1. The second-order valence-corrected chi connectivity index (χ2v) is 32.5. The van der Waals surface area contributed by atoms with E-state index in [4.69, 9.17) is 24.7 Å². The van der Waals surface area contributed by atoms with E-state index >= 15 is 14.4 Å². The number of nitrogens with one attached hydrogen (secondary N) is 7. The largest absolute Gasteiger partial charge is 0.496 e. The van der Waals surface area contributed by atoms with Crippen molar-refractivity contribution in [3.8, 4) is 5.75 Å². The Morgan fingerprint density at radius 3 is 1.98 bits per heavy atom. The summed E-state index contributed by atoms with van der Waals surface area (Å²) in [4.78, 5) is 168. The molecule has 6 aliphatic heterocycles. The van der Waals surface area contributed by atoms with Crippen molar-refractivity contribution in [2.24, 2.45) is 28.9 Å². The number of methoxy groups -OCH3 is 3. The van der Waals surface area contributed by atoms with Crippen LogP contribution in [0.25, 0.3) is 10.9 Å². The van der Waals surface area contributed by atoms with Crippen LogP contribution < -0.4 is 47.3 Å². The van der Waals surface area contributed by atoms with Gasteiger partial charge in [-0.3, -0.25) is 53.0 Å². The quantitative estimate of drug-likeness (QED) is 0.0219. The van der Waals surface area contributed by atoms with Gasteiger partial charge in [0, 0.05) is 110 Å². The Morgan fingerprint density at radius 2 is 1.37 bits per heavy atom. The summed E-state index contributed by atoms with van der Waals surface area (Å²) < 4.78 is 25.0. The number of carbonyl (C=O) groups is 11. The predicted octanol–water partition coefficient (Wildman–Crippen LogP) is -1.27. The Kier molecular flexibility index (Phi) is 25.6. The molecule has 3 saturated heterocycles. The maximum absolute atomic E-state index is 15.8. The molecule has 2 saturated carbocycles. The first-order valence-electron chi connectivity index (χ1n) is 39.2. The van der Waals surface area contributed by atoms with Gasteiger partial charge in [-0.15, -0.1) is 0 Å². The fourth-order valence-corrected chi connectivity index (χ4v) is 20.2. The highest BCUT2D eigenvalue weighted by Gasteiger charge is 2.81.